The van der Waals surface area contributed by atoms with Crippen molar-refractivity contribution in [1.29, 1.82) is 0 Å². The zero-order chi connectivity index (χ0) is 24.8. The molecule has 0 bridgehead atoms. The van der Waals surface area contributed by atoms with E-state index in [9.17, 15) is 33.6 Å². The summed E-state index contributed by atoms with van der Waals surface area (Å²) in [5.41, 5.74) is 4.67. The van der Waals surface area contributed by atoms with E-state index < -0.39 is 66.1 Å². The highest BCUT2D eigenvalue weighted by molar-refractivity contribution is 7.68. The minimum Gasteiger partial charge on any atom is -0.387 e. The van der Waals surface area contributed by atoms with Crippen molar-refractivity contribution >= 4 is 40.4 Å². The van der Waals surface area contributed by atoms with Crippen LogP contribution in [0.25, 0.3) is 11.2 Å². The largest absolute Gasteiger partial charge is 0.488 e. The lowest BCUT2D eigenvalue weighted by Crippen LogP contribution is -2.33. The molecule has 4 unspecified atom stereocenters. The highest BCUT2D eigenvalue weighted by Gasteiger charge is 2.46. The van der Waals surface area contributed by atoms with Gasteiger partial charge < -0.3 is 39.9 Å². The molecule has 0 amide bonds. The van der Waals surface area contributed by atoms with E-state index in [-0.39, 0.29) is 17.1 Å². The standard InChI is InChI=1S/C12H20N5O13P3/c1-2-31(21,29-33(25,26)30-32(22,23)24)27-3-5-7(18)8(19)11(28-5)17-4-14-6-9(17)15-12(13)16-10(6)20/h4-5,7-8,11,18-19H,2-3H2,1H3,(H,25,26)(H2,22,23,24)(H3,13,15,16,20)/t5-,7?,8?,11-,31?/m1/s1. The van der Waals surface area contributed by atoms with Gasteiger partial charge in [-0.1, -0.05) is 6.92 Å². The lowest BCUT2D eigenvalue weighted by molar-refractivity contribution is -0.0483. The average molecular weight is 535 g/mol. The quantitative estimate of drug-likeness (QED) is 0.185. The minimum absolute atomic E-state index is 0.0626. The third-order valence-electron chi connectivity index (χ3n) is 4.32. The number of hydrogen-bond donors (Lipinski definition) is 7. The number of nitrogens with one attached hydrogen (secondary N) is 1. The van der Waals surface area contributed by atoms with Crippen LogP contribution in [0, 0.1) is 0 Å². The number of aliphatic hydroxyl groups is 2. The molecular weight excluding hydrogens is 515 g/mol. The smallest absolute Gasteiger partial charge is 0.387 e. The Kier molecular flexibility index (Phi) is 7.32. The van der Waals surface area contributed by atoms with E-state index >= 15 is 0 Å². The van der Waals surface area contributed by atoms with Crippen molar-refractivity contribution in [1.82, 2.24) is 19.5 Å². The number of imidazole rings is 1. The zero-order valence-electron chi connectivity index (χ0n) is 16.6. The van der Waals surface area contributed by atoms with Crippen LogP contribution in [-0.4, -0.2) is 75.5 Å². The molecule has 3 heterocycles. The van der Waals surface area contributed by atoms with E-state index in [0.29, 0.717) is 0 Å². The Morgan fingerprint density at radius 1 is 1.21 bits per heavy atom. The van der Waals surface area contributed by atoms with Crippen LogP contribution in [0.5, 0.6) is 0 Å². The fourth-order valence-electron chi connectivity index (χ4n) is 2.89. The lowest BCUT2D eigenvalue weighted by Gasteiger charge is -2.22. The molecule has 3 rings (SSSR count). The fraction of sp³-hybridized carbons (Fsp3) is 0.583. The Labute approximate surface area is 183 Å². The Morgan fingerprint density at radius 3 is 2.48 bits per heavy atom. The molecule has 8 N–H and O–H groups in total. The minimum atomic E-state index is -5.50. The van der Waals surface area contributed by atoms with Crippen LogP contribution in [0.4, 0.5) is 5.95 Å². The molecule has 1 aliphatic rings. The third kappa shape index (κ3) is 5.95. The Bertz CT molecular complexity index is 1230. The topological polar surface area (TPSA) is 279 Å². The third-order valence-corrected chi connectivity index (χ3v) is 9.14. The second kappa shape index (κ2) is 9.26. The molecule has 1 fully saturated rings. The lowest BCUT2D eigenvalue weighted by atomic mass is 10.1. The van der Waals surface area contributed by atoms with E-state index in [1.54, 1.807) is 0 Å². The predicted octanol–water partition coefficient (Wildman–Crippen LogP) is -1.22. The summed E-state index contributed by atoms with van der Waals surface area (Å²) >= 11 is 0. The summed E-state index contributed by atoms with van der Waals surface area (Å²) in [6, 6.07) is 0. The maximum atomic E-state index is 12.6. The highest BCUT2D eigenvalue weighted by atomic mass is 31.3. The summed E-state index contributed by atoms with van der Waals surface area (Å²) in [6.45, 7) is 0.464. The number of fused-ring (bicyclic) bond motifs is 1. The molecule has 6 atom stereocenters. The van der Waals surface area contributed by atoms with Crippen LogP contribution in [-0.2, 0) is 31.6 Å². The van der Waals surface area contributed by atoms with Gasteiger partial charge in [0.15, 0.2) is 17.4 Å². The molecular formula is C12H20N5O13P3. The Morgan fingerprint density at radius 2 is 1.88 bits per heavy atom. The van der Waals surface area contributed by atoms with Crippen molar-refractivity contribution in [2.45, 2.75) is 31.5 Å². The number of aromatic nitrogens is 4. The van der Waals surface area contributed by atoms with Gasteiger partial charge in [0.1, 0.15) is 18.3 Å². The van der Waals surface area contributed by atoms with Gasteiger partial charge in [-0.2, -0.15) is 9.29 Å². The highest BCUT2D eigenvalue weighted by Crippen LogP contribution is 2.67. The maximum Gasteiger partial charge on any atom is 0.488 e. The first kappa shape index (κ1) is 26.1. The number of nitrogens with zero attached hydrogens (tertiary/aromatic N) is 3. The average Bonchev–Trinajstić information content (AvgIpc) is 3.20. The second-order valence-corrected chi connectivity index (χ2v) is 12.0. The number of aromatic amines is 1. The van der Waals surface area contributed by atoms with Crippen LogP contribution >= 0.6 is 23.2 Å². The van der Waals surface area contributed by atoms with Gasteiger partial charge in [-0.15, -0.1) is 0 Å². The van der Waals surface area contributed by atoms with Crippen LogP contribution < -0.4 is 11.3 Å². The number of H-pyrrole nitrogens is 1. The first-order valence-corrected chi connectivity index (χ1v) is 13.7. The van der Waals surface area contributed by atoms with Gasteiger partial charge in [-0.05, 0) is 0 Å². The van der Waals surface area contributed by atoms with Crippen molar-refractivity contribution < 1.29 is 56.5 Å². The molecule has 0 radical (unpaired) electrons. The predicted molar refractivity (Wildman–Crippen MR) is 107 cm³/mol. The number of anilines is 1. The number of nitrogen functional groups attached to an aromatic ring is 1. The number of rotatable bonds is 9. The fourth-order valence-corrected chi connectivity index (χ4v) is 6.82. The molecule has 2 aromatic heterocycles. The Balaban J connectivity index is 1.75. The number of ether oxygens (including phenoxy) is 1. The molecule has 0 saturated carbocycles. The number of aliphatic hydroxyl groups excluding tert-OH is 2. The molecule has 1 saturated heterocycles. The normalized spacial score (nSPS) is 27.5. The SMILES string of the molecule is CCP(=O)(OC[C@H]1O[C@@H](n2cnc3c(=O)[nH]c(N)nc32)C(O)C1O)OP(=O)(O)OP(=O)(O)O. The van der Waals surface area contributed by atoms with Gasteiger partial charge in [0.05, 0.1) is 12.9 Å². The first-order valence-electron chi connectivity index (χ1n) is 8.93. The van der Waals surface area contributed by atoms with Crippen LogP contribution in [0.3, 0.4) is 0 Å². The van der Waals surface area contributed by atoms with Crippen LogP contribution in [0.15, 0.2) is 11.1 Å². The summed E-state index contributed by atoms with van der Waals surface area (Å²) in [5.74, 6) is -0.242. The van der Waals surface area contributed by atoms with E-state index in [4.69, 9.17) is 24.8 Å². The summed E-state index contributed by atoms with van der Waals surface area (Å²) in [7, 11) is -15.5. The van der Waals surface area contributed by atoms with Crippen LogP contribution in [0.2, 0.25) is 0 Å². The van der Waals surface area contributed by atoms with E-state index in [0.717, 1.165) is 10.9 Å². The van der Waals surface area contributed by atoms with Crippen molar-refractivity contribution in [3.63, 3.8) is 0 Å². The van der Waals surface area contributed by atoms with E-state index in [2.05, 4.69) is 23.6 Å². The summed E-state index contributed by atoms with van der Waals surface area (Å²) in [4.78, 5) is 48.6. The second-order valence-electron chi connectivity index (χ2n) is 6.67. The summed E-state index contributed by atoms with van der Waals surface area (Å²) < 4.78 is 54.6. The number of phosphoric acid groups is 2. The van der Waals surface area contributed by atoms with Gasteiger partial charge in [0, 0.05) is 6.16 Å². The van der Waals surface area contributed by atoms with E-state index in [1.165, 1.54) is 6.92 Å². The molecule has 0 aliphatic carbocycles. The first-order chi connectivity index (χ1) is 15.1. The van der Waals surface area contributed by atoms with Crippen molar-refractivity contribution in [3.05, 3.63) is 16.7 Å². The van der Waals surface area contributed by atoms with Crippen molar-refractivity contribution in [3.8, 4) is 0 Å². The molecule has 186 valence electrons. The maximum absolute atomic E-state index is 12.6. The molecule has 18 nitrogen and oxygen atoms in total. The van der Waals surface area contributed by atoms with E-state index in [1.807, 2.05) is 0 Å². The Hall–Kier alpha value is -1.52. The van der Waals surface area contributed by atoms with Crippen molar-refractivity contribution in [2.75, 3.05) is 18.5 Å². The molecule has 2 aromatic rings. The van der Waals surface area contributed by atoms with Crippen molar-refractivity contribution in [2.24, 2.45) is 0 Å². The monoisotopic (exact) mass is 535 g/mol. The van der Waals surface area contributed by atoms with Gasteiger partial charge >= 0.3 is 23.2 Å². The van der Waals surface area contributed by atoms with Crippen LogP contribution in [0.1, 0.15) is 13.2 Å². The summed E-state index contributed by atoms with van der Waals surface area (Å²) in [6.07, 6.45) is -5.37. The number of nitrogens with two attached hydrogens (primary N) is 1. The zero-order valence-corrected chi connectivity index (χ0v) is 19.2. The number of hydrogen-bond acceptors (Lipinski definition) is 13. The van der Waals surface area contributed by atoms with Gasteiger partial charge in [0.25, 0.3) is 5.56 Å². The van der Waals surface area contributed by atoms with Gasteiger partial charge in [-0.3, -0.25) is 18.9 Å². The summed E-state index contributed by atoms with van der Waals surface area (Å²) in [5, 5.41) is 20.7. The molecule has 0 aromatic carbocycles. The molecule has 21 heteroatoms. The van der Waals surface area contributed by atoms with Gasteiger partial charge in [-0.25, -0.2) is 18.4 Å². The van der Waals surface area contributed by atoms with Gasteiger partial charge in [0.2, 0.25) is 5.95 Å². The molecule has 33 heavy (non-hydrogen) atoms. The molecule has 1 aliphatic heterocycles. The molecule has 0 spiro atoms.